The quantitative estimate of drug-likeness (QED) is 0.740. The molecule has 0 radical (unpaired) electrons. The average molecular weight is 237 g/mol. The van der Waals surface area contributed by atoms with Gasteiger partial charge >= 0.3 is 0 Å². The lowest BCUT2D eigenvalue weighted by molar-refractivity contribution is 0.112. The molecule has 0 aliphatic heterocycles. The normalized spacial score (nSPS) is 11.1. The van der Waals surface area contributed by atoms with Crippen molar-refractivity contribution in [2.45, 2.75) is 27.3 Å². The molecule has 0 saturated carbocycles. The molecule has 3 heteroatoms. The van der Waals surface area contributed by atoms with E-state index in [4.69, 9.17) is 4.74 Å². The van der Waals surface area contributed by atoms with E-state index in [1.165, 1.54) is 0 Å². The lowest BCUT2D eigenvalue weighted by Gasteiger charge is -2.21. The molecular formula is C14H23NO2. The lowest BCUT2D eigenvalue weighted by atomic mass is 10.1. The molecule has 1 aromatic rings. The molecule has 0 fully saturated rings. The molecule has 0 atom stereocenters. The minimum atomic E-state index is 0.419. The van der Waals surface area contributed by atoms with Gasteiger partial charge in [-0.25, -0.2) is 0 Å². The number of benzene rings is 1. The van der Waals surface area contributed by atoms with Crippen LogP contribution in [-0.2, 0) is 11.3 Å². The van der Waals surface area contributed by atoms with Gasteiger partial charge in [0.1, 0.15) is 5.75 Å². The summed E-state index contributed by atoms with van der Waals surface area (Å²) in [5, 5.41) is 9.96. The summed E-state index contributed by atoms with van der Waals surface area (Å²) in [5.74, 6) is 0.419. The average Bonchev–Trinajstić information content (AvgIpc) is 2.33. The maximum Gasteiger partial charge on any atom is 0.122 e. The molecule has 0 aliphatic carbocycles. The largest absolute Gasteiger partial charge is 0.507 e. The van der Waals surface area contributed by atoms with Crippen molar-refractivity contribution in [3.8, 4) is 5.75 Å². The van der Waals surface area contributed by atoms with Gasteiger partial charge in [-0.05, 0) is 26.0 Å². The molecule has 0 unspecified atom stereocenters. The van der Waals surface area contributed by atoms with Crippen LogP contribution in [0, 0.1) is 6.92 Å². The van der Waals surface area contributed by atoms with Crippen LogP contribution in [0.25, 0.3) is 0 Å². The van der Waals surface area contributed by atoms with Crippen molar-refractivity contribution in [3.63, 3.8) is 0 Å². The van der Waals surface area contributed by atoms with Crippen LogP contribution in [0.15, 0.2) is 18.2 Å². The van der Waals surface area contributed by atoms with E-state index in [9.17, 15) is 5.11 Å². The summed E-state index contributed by atoms with van der Waals surface area (Å²) in [6.07, 6.45) is 0. The molecule has 0 heterocycles. The van der Waals surface area contributed by atoms with Crippen molar-refractivity contribution >= 4 is 0 Å². The van der Waals surface area contributed by atoms with Crippen molar-refractivity contribution in [1.82, 2.24) is 4.90 Å². The third-order valence-corrected chi connectivity index (χ3v) is 2.92. The van der Waals surface area contributed by atoms with Gasteiger partial charge < -0.3 is 9.84 Å². The SMILES string of the molecule is CCOCCN(CC)Cc1cccc(C)c1O. The van der Waals surface area contributed by atoms with Gasteiger partial charge in [0.25, 0.3) is 0 Å². The summed E-state index contributed by atoms with van der Waals surface area (Å²) >= 11 is 0. The Morgan fingerprint density at radius 2 is 2.06 bits per heavy atom. The fraction of sp³-hybridized carbons (Fsp3) is 0.571. The molecule has 0 bridgehead atoms. The summed E-state index contributed by atoms with van der Waals surface area (Å²) < 4.78 is 5.35. The summed E-state index contributed by atoms with van der Waals surface area (Å²) in [4.78, 5) is 2.27. The van der Waals surface area contributed by atoms with Crippen molar-refractivity contribution in [2.24, 2.45) is 0 Å². The molecule has 17 heavy (non-hydrogen) atoms. The molecule has 1 aromatic carbocycles. The number of hydrogen-bond acceptors (Lipinski definition) is 3. The van der Waals surface area contributed by atoms with Gasteiger partial charge in [-0.2, -0.15) is 0 Å². The third-order valence-electron chi connectivity index (χ3n) is 2.92. The van der Waals surface area contributed by atoms with E-state index in [1.807, 2.05) is 32.0 Å². The Bertz CT molecular complexity index is 339. The maximum absolute atomic E-state index is 9.96. The van der Waals surface area contributed by atoms with Gasteiger partial charge in [0.05, 0.1) is 6.61 Å². The smallest absolute Gasteiger partial charge is 0.122 e. The van der Waals surface area contributed by atoms with Crippen molar-refractivity contribution in [2.75, 3.05) is 26.3 Å². The number of nitrogens with zero attached hydrogens (tertiary/aromatic N) is 1. The Hall–Kier alpha value is -1.06. The van der Waals surface area contributed by atoms with Crippen molar-refractivity contribution < 1.29 is 9.84 Å². The van der Waals surface area contributed by atoms with Gasteiger partial charge in [0.2, 0.25) is 0 Å². The zero-order chi connectivity index (χ0) is 12.7. The second-order valence-corrected chi connectivity index (χ2v) is 4.15. The van der Waals surface area contributed by atoms with E-state index in [2.05, 4.69) is 11.8 Å². The van der Waals surface area contributed by atoms with Crippen LogP contribution >= 0.6 is 0 Å². The number of rotatable bonds is 7. The Labute approximate surface area is 104 Å². The van der Waals surface area contributed by atoms with Gasteiger partial charge in [-0.3, -0.25) is 4.90 Å². The Kier molecular flexibility index (Phi) is 6.01. The molecule has 1 N–H and O–H groups in total. The number of aromatic hydroxyl groups is 1. The number of likely N-dealkylation sites (N-methyl/N-ethyl adjacent to an activating group) is 1. The predicted molar refractivity (Wildman–Crippen MR) is 70.3 cm³/mol. The summed E-state index contributed by atoms with van der Waals surface area (Å²) in [5.41, 5.74) is 1.92. The van der Waals surface area contributed by atoms with Gasteiger partial charge in [0.15, 0.2) is 0 Å². The Morgan fingerprint density at radius 3 is 2.71 bits per heavy atom. The monoisotopic (exact) mass is 237 g/mol. The summed E-state index contributed by atoms with van der Waals surface area (Å²) in [7, 11) is 0. The van der Waals surface area contributed by atoms with E-state index in [0.717, 1.165) is 44.0 Å². The van der Waals surface area contributed by atoms with Gasteiger partial charge in [-0.15, -0.1) is 0 Å². The van der Waals surface area contributed by atoms with Crippen LogP contribution in [0.5, 0.6) is 5.75 Å². The molecular weight excluding hydrogens is 214 g/mol. The zero-order valence-electron chi connectivity index (χ0n) is 11.1. The fourth-order valence-electron chi connectivity index (χ4n) is 1.78. The zero-order valence-corrected chi connectivity index (χ0v) is 11.1. The first kappa shape index (κ1) is 14.0. The van der Waals surface area contributed by atoms with Crippen molar-refractivity contribution in [1.29, 1.82) is 0 Å². The highest BCUT2D eigenvalue weighted by atomic mass is 16.5. The fourth-order valence-corrected chi connectivity index (χ4v) is 1.78. The number of para-hydroxylation sites is 1. The van der Waals surface area contributed by atoms with Crippen LogP contribution in [0.3, 0.4) is 0 Å². The molecule has 0 saturated heterocycles. The molecule has 3 nitrogen and oxygen atoms in total. The summed E-state index contributed by atoms with van der Waals surface area (Å²) in [6, 6.07) is 5.89. The number of hydrogen-bond donors (Lipinski definition) is 1. The topological polar surface area (TPSA) is 32.7 Å². The van der Waals surface area contributed by atoms with E-state index >= 15 is 0 Å². The Morgan fingerprint density at radius 1 is 1.29 bits per heavy atom. The molecule has 96 valence electrons. The van der Waals surface area contributed by atoms with E-state index < -0.39 is 0 Å². The lowest BCUT2D eigenvalue weighted by Crippen LogP contribution is -2.27. The number of phenolic OH excluding ortho intramolecular Hbond substituents is 1. The molecule has 0 amide bonds. The molecule has 0 aromatic heterocycles. The van der Waals surface area contributed by atoms with Crippen LogP contribution in [0.4, 0.5) is 0 Å². The van der Waals surface area contributed by atoms with Gasteiger partial charge in [0, 0.05) is 25.3 Å². The number of phenols is 1. The van der Waals surface area contributed by atoms with E-state index in [0.29, 0.717) is 5.75 Å². The van der Waals surface area contributed by atoms with Crippen LogP contribution in [0.2, 0.25) is 0 Å². The first-order valence-electron chi connectivity index (χ1n) is 6.26. The van der Waals surface area contributed by atoms with Crippen molar-refractivity contribution in [3.05, 3.63) is 29.3 Å². The highest BCUT2D eigenvalue weighted by Gasteiger charge is 2.08. The van der Waals surface area contributed by atoms with Crippen LogP contribution in [0.1, 0.15) is 25.0 Å². The minimum Gasteiger partial charge on any atom is -0.507 e. The predicted octanol–water partition coefficient (Wildman–Crippen LogP) is 2.56. The standard InChI is InChI=1S/C14H23NO2/c1-4-15(9-10-17-5-2)11-13-8-6-7-12(3)14(13)16/h6-8,16H,4-5,9-11H2,1-3H3. The number of ether oxygens (including phenoxy) is 1. The first-order valence-corrected chi connectivity index (χ1v) is 6.26. The third kappa shape index (κ3) is 4.36. The van der Waals surface area contributed by atoms with E-state index in [-0.39, 0.29) is 0 Å². The second-order valence-electron chi connectivity index (χ2n) is 4.15. The molecule has 0 aliphatic rings. The second kappa shape index (κ2) is 7.30. The van der Waals surface area contributed by atoms with E-state index in [1.54, 1.807) is 0 Å². The highest BCUT2D eigenvalue weighted by molar-refractivity contribution is 5.39. The summed E-state index contributed by atoms with van der Waals surface area (Å²) in [6.45, 7) is 10.2. The first-order chi connectivity index (χ1) is 8.19. The van der Waals surface area contributed by atoms with Crippen LogP contribution < -0.4 is 0 Å². The number of aryl methyl sites for hydroxylation is 1. The highest BCUT2D eigenvalue weighted by Crippen LogP contribution is 2.22. The maximum atomic E-state index is 9.96. The minimum absolute atomic E-state index is 0.419. The van der Waals surface area contributed by atoms with Gasteiger partial charge in [-0.1, -0.05) is 25.1 Å². The molecule has 1 rings (SSSR count). The van der Waals surface area contributed by atoms with Crippen LogP contribution in [-0.4, -0.2) is 36.3 Å². The Balaban J connectivity index is 2.57. The molecule has 0 spiro atoms.